The van der Waals surface area contributed by atoms with Gasteiger partial charge in [0.15, 0.2) is 0 Å². The number of aliphatic imine (C=N–C) groups is 1. The number of non-ortho nitro benzene ring substituents is 1. The van der Waals surface area contributed by atoms with E-state index >= 15 is 0 Å². The minimum Gasteiger partial charge on any atom is -0.444 e. The van der Waals surface area contributed by atoms with Crippen molar-refractivity contribution in [3.63, 3.8) is 0 Å². The smallest absolute Gasteiger partial charge is 0.437 e. The summed E-state index contributed by atoms with van der Waals surface area (Å²) in [7, 11) is 0. The second-order valence-corrected chi connectivity index (χ2v) is 6.66. The Morgan fingerprint density at radius 3 is 1.88 bits per heavy atom. The lowest BCUT2D eigenvalue weighted by Gasteiger charge is -2.21. The lowest BCUT2D eigenvalue weighted by molar-refractivity contribution is -0.384. The summed E-state index contributed by atoms with van der Waals surface area (Å²) >= 11 is 0. The zero-order chi connectivity index (χ0) is 23.6. The van der Waals surface area contributed by atoms with E-state index in [0.717, 1.165) is 16.0 Å². The van der Waals surface area contributed by atoms with Crippen LogP contribution in [0.25, 0.3) is 0 Å². The Morgan fingerprint density at radius 2 is 1.36 bits per heavy atom. The van der Waals surface area contributed by atoms with Gasteiger partial charge in [-0.3, -0.25) is 10.1 Å². The summed E-state index contributed by atoms with van der Waals surface area (Å²) in [5.74, 6) is -0.514. The first kappa shape index (κ1) is 22.9. The first-order valence-electron chi connectivity index (χ1n) is 9.74. The molecule has 33 heavy (non-hydrogen) atoms. The number of nitro groups is 1. The number of nitrogens with two attached hydrogens (primary N) is 1. The summed E-state index contributed by atoms with van der Waals surface area (Å²) in [4.78, 5) is 39.8. The van der Waals surface area contributed by atoms with Gasteiger partial charge >= 0.3 is 12.2 Å². The molecule has 10 heteroatoms. The Hall–Kier alpha value is -4.73. The highest BCUT2D eigenvalue weighted by atomic mass is 16.6. The number of rotatable bonds is 6. The normalized spacial score (nSPS) is 10.8. The minimum absolute atomic E-state index is 0.0353. The third-order valence-electron chi connectivity index (χ3n) is 4.35. The van der Waals surface area contributed by atoms with Crippen molar-refractivity contribution in [2.45, 2.75) is 13.2 Å². The van der Waals surface area contributed by atoms with E-state index in [9.17, 15) is 19.7 Å². The fourth-order valence-corrected chi connectivity index (χ4v) is 2.73. The van der Waals surface area contributed by atoms with Gasteiger partial charge in [-0.25, -0.2) is 14.5 Å². The fraction of sp³-hybridized carbons (Fsp3) is 0.0870. The van der Waals surface area contributed by atoms with Crippen LogP contribution in [0.5, 0.6) is 0 Å². The third-order valence-corrected chi connectivity index (χ3v) is 4.35. The maximum atomic E-state index is 12.8. The molecule has 3 aromatic rings. The molecule has 168 valence electrons. The molecule has 0 fully saturated rings. The van der Waals surface area contributed by atoms with Crippen LogP contribution in [0.4, 0.5) is 21.0 Å². The van der Waals surface area contributed by atoms with E-state index in [0.29, 0.717) is 0 Å². The lowest BCUT2D eigenvalue weighted by atomic mass is 10.2. The zero-order valence-corrected chi connectivity index (χ0v) is 17.4. The Morgan fingerprint density at radius 1 is 0.848 bits per heavy atom. The van der Waals surface area contributed by atoms with E-state index in [-0.39, 0.29) is 24.6 Å². The van der Waals surface area contributed by atoms with Gasteiger partial charge in [0.05, 0.1) is 10.6 Å². The molecule has 0 unspecified atom stereocenters. The maximum absolute atomic E-state index is 12.8. The molecule has 0 heterocycles. The van der Waals surface area contributed by atoms with E-state index in [1.54, 1.807) is 48.5 Å². The molecule has 0 radical (unpaired) electrons. The van der Waals surface area contributed by atoms with Crippen LogP contribution in [0.2, 0.25) is 0 Å². The van der Waals surface area contributed by atoms with Gasteiger partial charge in [-0.1, -0.05) is 60.7 Å². The largest absolute Gasteiger partial charge is 0.444 e. The Balaban J connectivity index is 1.78. The predicted octanol–water partition coefficient (Wildman–Crippen LogP) is 4.39. The number of carbonyl (C=O) groups excluding carboxylic acids is 2. The second kappa shape index (κ2) is 11.0. The van der Waals surface area contributed by atoms with Gasteiger partial charge in [-0.15, -0.1) is 4.99 Å². The average Bonchev–Trinajstić information content (AvgIpc) is 2.83. The second-order valence-electron chi connectivity index (χ2n) is 6.66. The molecule has 0 bridgehead atoms. The van der Waals surface area contributed by atoms with Crippen molar-refractivity contribution in [1.82, 2.24) is 0 Å². The van der Waals surface area contributed by atoms with Crippen molar-refractivity contribution in [3.05, 3.63) is 106 Å². The summed E-state index contributed by atoms with van der Waals surface area (Å²) in [6.45, 7) is -0.0959. The van der Waals surface area contributed by atoms with Crippen LogP contribution in [0, 0.1) is 10.1 Å². The minimum atomic E-state index is -1.01. The third kappa shape index (κ3) is 6.62. The van der Waals surface area contributed by atoms with Gasteiger partial charge in [0.1, 0.15) is 13.2 Å². The molecule has 3 aromatic carbocycles. The number of nitrogens with zero attached hydrogens (tertiary/aromatic N) is 3. The van der Waals surface area contributed by atoms with Gasteiger partial charge in [-0.2, -0.15) is 0 Å². The molecule has 0 aliphatic carbocycles. The van der Waals surface area contributed by atoms with Gasteiger partial charge in [-0.05, 0) is 23.3 Å². The summed E-state index contributed by atoms with van der Waals surface area (Å²) in [6, 6.07) is 22.8. The van der Waals surface area contributed by atoms with Gasteiger partial charge in [0.25, 0.3) is 5.69 Å². The van der Waals surface area contributed by atoms with Gasteiger partial charge in [0, 0.05) is 12.1 Å². The molecule has 2 amide bonds. The van der Waals surface area contributed by atoms with Gasteiger partial charge < -0.3 is 15.2 Å². The number of amides is 2. The molecule has 0 aliphatic rings. The summed E-state index contributed by atoms with van der Waals surface area (Å²) in [6.07, 6.45) is -1.94. The predicted molar refractivity (Wildman–Crippen MR) is 120 cm³/mol. The molecular formula is C23H20N4O6. The highest BCUT2D eigenvalue weighted by Gasteiger charge is 2.23. The lowest BCUT2D eigenvalue weighted by Crippen LogP contribution is -2.43. The number of guanidine groups is 1. The zero-order valence-electron chi connectivity index (χ0n) is 17.4. The molecule has 0 aliphatic heterocycles. The molecule has 0 spiro atoms. The molecule has 0 atom stereocenters. The summed E-state index contributed by atoms with van der Waals surface area (Å²) in [5, 5.41) is 10.9. The number of ether oxygens (including phenoxy) is 2. The molecule has 0 aromatic heterocycles. The van der Waals surface area contributed by atoms with Crippen molar-refractivity contribution < 1.29 is 24.0 Å². The van der Waals surface area contributed by atoms with Crippen LogP contribution in [-0.2, 0) is 22.7 Å². The van der Waals surface area contributed by atoms with Crippen LogP contribution in [0.15, 0.2) is 89.9 Å². The van der Waals surface area contributed by atoms with Crippen molar-refractivity contribution in [1.29, 1.82) is 0 Å². The maximum Gasteiger partial charge on any atom is 0.437 e. The van der Waals surface area contributed by atoms with Crippen molar-refractivity contribution in [2.24, 2.45) is 10.7 Å². The Kier molecular flexibility index (Phi) is 7.68. The van der Waals surface area contributed by atoms with Crippen LogP contribution < -0.4 is 10.6 Å². The molecule has 0 saturated heterocycles. The highest BCUT2D eigenvalue weighted by Crippen LogP contribution is 2.21. The Bertz CT molecular complexity index is 1130. The van der Waals surface area contributed by atoms with Crippen LogP contribution in [0.3, 0.4) is 0 Å². The number of hydrogen-bond donors (Lipinski definition) is 1. The van der Waals surface area contributed by atoms with E-state index in [2.05, 4.69) is 4.99 Å². The topological polar surface area (TPSA) is 137 Å². The van der Waals surface area contributed by atoms with Gasteiger partial charge in [0.2, 0.25) is 5.96 Å². The van der Waals surface area contributed by atoms with E-state index < -0.39 is 23.1 Å². The number of anilines is 1. The number of carbonyl (C=O) groups is 2. The molecule has 10 nitrogen and oxygen atoms in total. The number of nitro benzene ring substituents is 1. The molecule has 3 rings (SSSR count). The Labute approximate surface area is 189 Å². The SMILES string of the molecule is N/C(=N\C(=O)OCc1ccccc1)N(C(=O)OCc1ccccc1)c1ccc([N+](=O)[O-])cc1. The number of benzene rings is 3. The van der Waals surface area contributed by atoms with Crippen molar-refractivity contribution in [3.8, 4) is 0 Å². The highest BCUT2D eigenvalue weighted by molar-refractivity contribution is 6.15. The number of hydrogen-bond acceptors (Lipinski definition) is 6. The van der Waals surface area contributed by atoms with E-state index in [1.807, 2.05) is 12.1 Å². The van der Waals surface area contributed by atoms with E-state index in [1.165, 1.54) is 24.3 Å². The fourth-order valence-electron chi connectivity index (χ4n) is 2.73. The van der Waals surface area contributed by atoms with Crippen molar-refractivity contribution in [2.75, 3.05) is 4.90 Å². The van der Waals surface area contributed by atoms with Crippen LogP contribution in [-0.4, -0.2) is 23.1 Å². The van der Waals surface area contributed by atoms with E-state index in [4.69, 9.17) is 15.2 Å². The summed E-state index contributed by atoms with van der Waals surface area (Å²) < 4.78 is 10.4. The molecule has 2 N–H and O–H groups in total. The molecule has 0 saturated carbocycles. The quantitative estimate of drug-likeness (QED) is 0.255. The standard InChI is InChI=1S/C23H20N4O6/c24-21(25-22(28)32-15-17-7-3-1-4-8-17)26(19-11-13-20(14-12-19)27(30)31)23(29)33-16-18-9-5-2-6-10-18/h1-14H,15-16H2,(H2,24,25,28). The molecular weight excluding hydrogens is 428 g/mol. The van der Waals surface area contributed by atoms with Crippen molar-refractivity contribution >= 4 is 29.5 Å². The first-order valence-corrected chi connectivity index (χ1v) is 9.74. The summed E-state index contributed by atoms with van der Waals surface area (Å²) in [5.41, 5.74) is 7.34. The van der Waals surface area contributed by atoms with Crippen LogP contribution >= 0.6 is 0 Å². The van der Waals surface area contributed by atoms with Crippen LogP contribution in [0.1, 0.15) is 11.1 Å². The monoisotopic (exact) mass is 448 g/mol. The first-order chi connectivity index (χ1) is 15.9. The average molecular weight is 448 g/mol.